The summed E-state index contributed by atoms with van der Waals surface area (Å²) in [6.45, 7) is 0. The number of thiazole rings is 1. The minimum atomic E-state index is -0.332. The average molecular weight is 261 g/mol. The van der Waals surface area contributed by atoms with Gasteiger partial charge in [0.1, 0.15) is 0 Å². The number of nitrogens with two attached hydrogens (primary N) is 1. The molecule has 1 aliphatic rings. The van der Waals surface area contributed by atoms with Crippen molar-refractivity contribution >= 4 is 39.7 Å². The van der Waals surface area contributed by atoms with Gasteiger partial charge in [0.15, 0.2) is 11.4 Å². The van der Waals surface area contributed by atoms with E-state index in [0.717, 1.165) is 5.13 Å². The van der Waals surface area contributed by atoms with Crippen LogP contribution in [-0.2, 0) is 0 Å². The van der Waals surface area contributed by atoms with Crippen LogP contribution in [0, 0.1) is 0 Å². The summed E-state index contributed by atoms with van der Waals surface area (Å²) in [6, 6.07) is 0. The molecule has 0 radical (unpaired) electrons. The van der Waals surface area contributed by atoms with E-state index in [0.29, 0.717) is 0 Å². The molecule has 0 spiro atoms. The van der Waals surface area contributed by atoms with Crippen molar-refractivity contribution in [2.45, 2.75) is 6.29 Å². The van der Waals surface area contributed by atoms with Crippen LogP contribution in [0.2, 0.25) is 0 Å². The van der Waals surface area contributed by atoms with Crippen LogP contribution < -0.4 is 10.6 Å². The molecule has 1 aliphatic heterocycles. The summed E-state index contributed by atoms with van der Waals surface area (Å²) in [5, 5.41) is 2.78. The normalized spacial score (nSPS) is 20.1. The molecule has 6 heteroatoms. The maximum atomic E-state index is 5.71. The summed E-state index contributed by atoms with van der Waals surface area (Å²) in [5.74, 6) is 0. The number of nitrogens with zero attached hydrogens (tertiary/aromatic N) is 3. The van der Waals surface area contributed by atoms with Gasteiger partial charge in [0, 0.05) is 24.0 Å². The maximum Gasteiger partial charge on any atom is 0.192 e. The second-order valence-corrected chi connectivity index (χ2v) is 3.15. The van der Waals surface area contributed by atoms with E-state index >= 15 is 0 Å². The molecule has 4 nitrogen and oxygen atoms in total. The van der Waals surface area contributed by atoms with E-state index in [-0.39, 0.29) is 23.3 Å². The van der Waals surface area contributed by atoms with E-state index in [1.54, 1.807) is 23.7 Å². The number of anilines is 1. The zero-order chi connectivity index (χ0) is 8.39. The van der Waals surface area contributed by atoms with E-state index in [1.807, 2.05) is 22.6 Å². The number of aliphatic imine (C=N–C) groups is 1. The van der Waals surface area contributed by atoms with Crippen molar-refractivity contribution in [2.24, 2.45) is 10.7 Å². The van der Waals surface area contributed by atoms with Crippen LogP contribution >= 0.6 is 28.3 Å². The lowest BCUT2D eigenvalue weighted by Gasteiger charge is -2.23. The largest absolute Gasteiger partial charge is 0.292 e. The SMILES string of the molecule is Br.NC1N=CC=CN1c1nccs1. The standard InChI is InChI=1S/C7H8N4S.BrH/c8-6-9-2-1-4-11(6)7-10-3-5-12-7;/h1-6H,8H2;1H. The summed E-state index contributed by atoms with van der Waals surface area (Å²) in [7, 11) is 0. The molecule has 1 unspecified atom stereocenters. The Hall–Kier alpha value is -0.720. The minimum absolute atomic E-state index is 0. The average Bonchev–Trinajstić information content (AvgIpc) is 2.57. The molecular formula is C7H9BrN4S. The van der Waals surface area contributed by atoms with E-state index in [2.05, 4.69) is 9.98 Å². The molecule has 1 aromatic heterocycles. The van der Waals surface area contributed by atoms with Gasteiger partial charge < -0.3 is 0 Å². The molecule has 0 fully saturated rings. The van der Waals surface area contributed by atoms with E-state index in [4.69, 9.17) is 5.73 Å². The second-order valence-electron chi connectivity index (χ2n) is 2.28. The second kappa shape index (κ2) is 4.50. The van der Waals surface area contributed by atoms with Crippen molar-refractivity contribution in [3.8, 4) is 0 Å². The molecule has 0 saturated heterocycles. The van der Waals surface area contributed by atoms with Gasteiger partial charge in [-0.25, -0.2) is 4.98 Å². The van der Waals surface area contributed by atoms with Crippen molar-refractivity contribution in [3.63, 3.8) is 0 Å². The fraction of sp³-hybridized carbons (Fsp3) is 0.143. The zero-order valence-electron chi connectivity index (χ0n) is 6.70. The molecule has 2 N–H and O–H groups in total. The number of hydrogen-bond acceptors (Lipinski definition) is 5. The summed E-state index contributed by atoms with van der Waals surface area (Å²) >= 11 is 1.54. The van der Waals surface area contributed by atoms with Gasteiger partial charge in [-0.2, -0.15) is 0 Å². The number of allylic oxidation sites excluding steroid dienone is 1. The highest BCUT2D eigenvalue weighted by Crippen LogP contribution is 2.19. The van der Waals surface area contributed by atoms with Gasteiger partial charge in [-0.15, -0.1) is 28.3 Å². The van der Waals surface area contributed by atoms with Gasteiger partial charge in [-0.05, 0) is 6.08 Å². The Bertz CT molecular complexity index is 308. The predicted octanol–water partition coefficient (Wildman–Crippen LogP) is 1.37. The highest BCUT2D eigenvalue weighted by atomic mass is 79.9. The quantitative estimate of drug-likeness (QED) is 0.830. The van der Waals surface area contributed by atoms with Crippen molar-refractivity contribution in [3.05, 3.63) is 23.9 Å². The summed E-state index contributed by atoms with van der Waals surface area (Å²) in [4.78, 5) is 9.98. The highest BCUT2D eigenvalue weighted by molar-refractivity contribution is 8.93. The molecule has 0 bridgehead atoms. The third-order valence-electron chi connectivity index (χ3n) is 1.50. The summed E-state index contributed by atoms with van der Waals surface area (Å²) < 4.78 is 0. The Balaban J connectivity index is 0.000000845. The monoisotopic (exact) mass is 260 g/mol. The van der Waals surface area contributed by atoms with Crippen LogP contribution in [0.15, 0.2) is 28.8 Å². The Kier molecular flexibility index (Phi) is 3.58. The van der Waals surface area contributed by atoms with Crippen LogP contribution in [0.4, 0.5) is 5.13 Å². The number of rotatable bonds is 1. The van der Waals surface area contributed by atoms with Gasteiger partial charge in [-0.3, -0.25) is 15.6 Å². The van der Waals surface area contributed by atoms with E-state index in [9.17, 15) is 0 Å². The van der Waals surface area contributed by atoms with Crippen molar-refractivity contribution in [1.82, 2.24) is 4.98 Å². The van der Waals surface area contributed by atoms with Crippen LogP contribution in [0.3, 0.4) is 0 Å². The summed E-state index contributed by atoms with van der Waals surface area (Å²) in [5.41, 5.74) is 5.71. The molecule has 2 heterocycles. The van der Waals surface area contributed by atoms with Gasteiger partial charge in [0.05, 0.1) is 0 Å². The Morgan fingerprint density at radius 1 is 1.54 bits per heavy atom. The molecule has 0 amide bonds. The first-order valence-corrected chi connectivity index (χ1v) is 4.39. The number of hydrogen-bond donors (Lipinski definition) is 1. The first kappa shape index (κ1) is 10.4. The first-order valence-electron chi connectivity index (χ1n) is 3.51. The first-order chi connectivity index (χ1) is 5.88. The molecule has 2 rings (SSSR count). The number of aromatic nitrogens is 1. The molecule has 0 aromatic carbocycles. The fourth-order valence-electron chi connectivity index (χ4n) is 0.949. The predicted molar refractivity (Wildman–Crippen MR) is 60.5 cm³/mol. The lowest BCUT2D eigenvalue weighted by Crippen LogP contribution is -2.38. The van der Waals surface area contributed by atoms with Crippen LogP contribution in [0.25, 0.3) is 0 Å². The molecule has 13 heavy (non-hydrogen) atoms. The highest BCUT2D eigenvalue weighted by Gasteiger charge is 2.14. The molecule has 1 aromatic rings. The third kappa shape index (κ3) is 2.15. The lowest BCUT2D eigenvalue weighted by atomic mass is 10.5. The zero-order valence-corrected chi connectivity index (χ0v) is 9.23. The van der Waals surface area contributed by atoms with Gasteiger partial charge >= 0.3 is 0 Å². The minimum Gasteiger partial charge on any atom is -0.292 e. The molecule has 70 valence electrons. The number of halogens is 1. The van der Waals surface area contributed by atoms with E-state index in [1.165, 1.54) is 0 Å². The Morgan fingerprint density at radius 3 is 3.00 bits per heavy atom. The van der Waals surface area contributed by atoms with Gasteiger partial charge in [0.25, 0.3) is 0 Å². The smallest absolute Gasteiger partial charge is 0.192 e. The molecule has 0 aliphatic carbocycles. The molecule has 1 atom stereocenters. The van der Waals surface area contributed by atoms with Gasteiger partial charge in [0.2, 0.25) is 0 Å². The van der Waals surface area contributed by atoms with Crippen molar-refractivity contribution in [1.29, 1.82) is 0 Å². The Morgan fingerprint density at radius 2 is 2.38 bits per heavy atom. The van der Waals surface area contributed by atoms with Crippen LogP contribution in [0.1, 0.15) is 0 Å². The Labute approximate surface area is 90.6 Å². The fourth-order valence-corrected chi connectivity index (χ4v) is 1.61. The van der Waals surface area contributed by atoms with Gasteiger partial charge in [-0.1, -0.05) is 0 Å². The molecular weight excluding hydrogens is 252 g/mol. The van der Waals surface area contributed by atoms with E-state index < -0.39 is 0 Å². The molecule has 0 saturated carbocycles. The topological polar surface area (TPSA) is 54.5 Å². The third-order valence-corrected chi connectivity index (χ3v) is 2.28. The summed E-state index contributed by atoms with van der Waals surface area (Å²) in [6.07, 6.45) is 6.82. The van der Waals surface area contributed by atoms with Crippen molar-refractivity contribution in [2.75, 3.05) is 4.90 Å². The van der Waals surface area contributed by atoms with Crippen molar-refractivity contribution < 1.29 is 0 Å². The maximum absolute atomic E-state index is 5.71. The van der Waals surface area contributed by atoms with Crippen LogP contribution in [-0.4, -0.2) is 17.5 Å². The van der Waals surface area contributed by atoms with Crippen LogP contribution in [0.5, 0.6) is 0 Å². The lowest BCUT2D eigenvalue weighted by molar-refractivity contribution is 0.709.